The van der Waals surface area contributed by atoms with Crippen molar-refractivity contribution in [1.29, 1.82) is 5.41 Å². The van der Waals surface area contributed by atoms with Gasteiger partial charge in [-0.3, -0.25) is 5.41 Å². The van der Waals surface area contributed by atoms with Crippen LogP contribution in [0.5, 0.6) is 0 Å². The highest BCUT2D eigenvalue weighted by Gasteiger charge is 2.20. The number of thioether (sulfide) groups is 1. The van der Waals surface area contributed by atoms with E-state index < -0.39 is 0 Å². The van der Waals surface area contributed by atoms with Gasteiger partial charge in [-0.05, 0) is 24.3 Å². The predicted molar refractivity (Wildman–Crippen MR) is 57.9 cm³/mol. The minimum atomic E-state index is -0.103. The number of hydrogen-bond acceptors (Lipinski definition) is 2. The van der Waals surface area contributed by atoms with Crippen molar-refractivity contribution in [2.24, 2.45) is 11.1 Å². The molecule has 0 saturated heterocycles. The van der Waals surface area contributed by atoms with Gasteiger partial charge >= 0.3 is 0 Å². The molecule has 3 heteroatoms. The number of nitrogens with two attached hydrogens (primary N) is 1. The third-order valence-corrected chi connectivity index (χ3v) is 3.01. The van der Waals surface area contributed by atoms with Crippen LogP contribution >= 0.6 is 11.8 Å². The van der Waals surface area contributed by atoms with Crippen molar-refractivity contribution < 1.29 is 0 Å². The summed E-state index contributed by atoms with van der Waals surface area (Å²) in [5.41, 5.74) is 5.36. The average molecular weight is 188 g/mol. The van der Waals surface area contributed by atoms with Gasteiger partial charge in [-0.1, -0.05) is 20.8 Å². The Hall–Kier alpha value is -0.180. The first-order chi connectivity index (χ1) is 5.50. The summed E-state index contributed by atoms with van der Waals surface area (Å²) in [6, 6.07) is 0. The van der Waals surface area contributed by atoms with Crippen LogP contribution in [-0.2, 0) is 0 Å². The van der Waals surface area contributed by atoms with Gasteiger partial charge in [-0.15, -0.1) is 0 Å². The van der Waals surface area contributed by atoms with E-state index in [9.17, 15) is 0 Å². The largest absolute Gasteiger partial charge is 0.387 e. The highest BCUT2D eigenvalue weighted by atomic mass is 32.2. The summed E-state index contributed by atoms with van der Waals surface area (Å²) in [4.78, 5) is 0. The summed E-state index contributed by atoms with van der Waals surface area (Å²) in [6.45, 7) is 6.23. The van der Waals surface area contributed by atoms with E-state index >= 15 is 0 Å². The van der Waals surface area contributed by atoms with Crippen LogP contribution in [0.25, 0.3) is 0 Å². The Kier molecular flexibility index (Phi) is 5.38. The van der Waals surface area contributed by atoms with E-state index in [-0.39, 0.29) is 5.41 Å². The molecule has 0 unspecified atom stereocenters. The molecule has 0 aromatic heterocycles. The van der Waals surface area contributed by atoms with Gasteiger partial charge < -0.3 is 5.73 Å². The van der Waals surface area contributed by atoms with E-state index in [2.05, 4.69) is 6.92 Å². The van der Waals surface area contributed by atoms with Gasteiger partial charge in [0.25, 0.3) is 0 Å². The molecule has 0 atom stereocenters. The highest BCUT2D eigenvalue weighted by Crippen LogP contribution is 2.22. The van der Waals surface area contributed by atoms with Crippen molar-refractivity contribution in [2.45, 2.75) is 33.6 Å². The fourth-order valence-corrected chi connectivity index (χ4v) is 1.53. The lowest BCUT2D eigenvalue weighted by Gasteiger charge is -2.22. The molecule has 0 bridgehead atoms. The zero-order valence-corrected chi connectivity index (χ0v) is 9.13. The molecule has 0 aliphatic rings. The highest BCUT2D eigenvalue weighted by molar-refractivity contribution is 7.99. The molecule has 12 heavy (non-hydrogen) atoms. The van der Waals surface area contributed by atoms with Gasteiger partial charge in [-0.2, -0.15) is 11.8 Å². The van der Waals surface area contributed by atoms with Crippen LogP contribution in [0.3, 0.4) is 0 Å². The van der Waals surface area contributed by atoms with E-state index in [4.69, 9.17) is 11.1 Å². The lowest BCUT2D eigenvalue weighted by Crippen LogP contribution is -2.30. The second-order valence-electron chi connectivity index (χ2n) is 3.60. The monoisotopic (exact) mass is 188 g/mol. The lowest BCUT2D eigenvalue weighted by atomic mass is 9.87. The number of nitrogens with one attached hydrogen (secondary N) is 1. The maximum Gasteiger partial charge on any atom is 0.0963 e. The summed E-state index contributed by atoms with van der Waals surface area (Å²) < 4.78 is 0. The number of hydrogen-bond donors (Lipinski definition) is 2. The Labute approximate surface area is 79.8 Å². The number of rotatable bonds is 6. The van der Waals surface area contributed by atoms with E-state index in [1.807, 2.05) is 25.6 Å². The van der Waals surface area contributed by atoms with Crippen LogP contribution in [0.2, 0.25) is 0 Å². The Morgan fingerprint density at radius 1 is 1.50 bits per heavy atom. The van der Waals surface area contributed by atoms with Crippen molar-refractivity contribution in [1.82, 2.24) is 0 Å². The Balaban J connectivity index is 3.54. The molecule has 2 nitrogen and oxygen atoms in total. The zero-order chi connectivity index (χ0) is 9.61. The molecular weight excluding hydrogens is 168 g/mol. The quantitative estimate of drug-likeness (QED) is 0.382. The Morgan fingerprint density at radius 3 is 2.50 bits per heavy atom. The lowest BCUT2D eigenvalue weighted by molar-refractivity contribution is 0.464. The zero-order valence-electron chi connectivity index (χ0n) is 8.31. The summed E-state index contributed by atoms with van der Waals surface area (Å²) in [5, 5.41) is 7.35. The molecule has 72 valence electrons. The van der Waals surface area contributed by atoms with Gasteiger partial charge in [0.15, 0.2) is 0 Å². The molecule has 0 amide bonds. The maximum atomic E-state index is 7.35. The van der Waals surface area contributed by atoms with Crippen LogP contribution in [0, 0.1) is 10.8 Å². The molecule has 0 spiro atoms. The molecule has 0 rings (SSSR count). The van der Waals surface area contributed by atoms with Crippen molar-refractivity contribution in [3.63, 3.8) is 0 Å². The summed E-state index contributed by atoms with van der Waals surface area (Å²) >= 11 is 1.95. The first-order valence-corrected chi connectivity index (χ1v) is 5.58. The first kappa shape index (κ1) is 11.8. The van der Waals surface area contributed by atoms with E-state index in [0.29, 0.717) is 5.84 Å². The number of amidine groups is 1. The third-order valence-electron chi connectivity index (χ3n) is 2.02. The van der Waals surface area contributed by atoms with E-state index in [1.165, 1.54) is 11.5 Å². The molecule has 0 aromatic rings. The van der Waals surface area contributed by atoms with Crippen LogP contribution in [0.4, 0.5) is 0 Å². The fourth-order valence-electron chi connectivity index (χ4n) is 0.895. The molecule has 0 aliphatic heterocycles. The van der Waals surface area contributed by atoms with Gasteiger partial charge in [0.2, 0.25) is 0 Å². The summed E-state index contributed by atoms with van der Waals surface area (Å²) in [6.07, 6.45) is 2.18. The average Bonchev–Trinajstić information content (AvgIpc) is 1.98. The second kappa shape index (κ2) is 5.46. The maximum absolute atomic E-state index is 7.35. The predicted octanol–water partition coefficient (Wildman–Crippen LogP) is 2.48. The SMILES string of the molecule is CCSCCCC(C)(C)C(=N)N. The Bertz CT molecular complexity index is 143. The van der Waals surface area contributed by atoms with Crippen molar-refractivity contribution in [3.8, 4) is 0 Å². The molecule has 0 aromatic carbocycles. The third kappa shape index (κ3) is 4.65. The smallest absolute Gasteiger partial charge is 0.0963 e. The van der Waals surface area contributed by atoms with Gasteiger partial charge in [0, 0.05) is 5.41 Å². The molecule has 0 fully saturated rings. The molecule has 0 heterocycles. The molecule has 0 aliphatic carbocycles. The molecule has 0 saturated carbocycles. The summed E-state index contributed by atoms with van der Waals surface area (Å²) in [7, 11) is 0. The van der Waals surface area contributed by atoms with E-state index in [0.717, 1.165) is 12.8 Å². The molecule has 0 radical (unpaired) electrons. The van der Waals surface area contributed by atoms with Crippen LogP contribution in [-0.4, -0.2) is 17.3 Å². The normalized spacial score (nSPS) is 11.6. The van der Waals surface area contributed by atoms with E-state index in [1.54, 1.807) is 0 Å². The fraction of sp³-hybridized carbons (Fsp3) is 0.889. The van der Waals surface area contributed by atoms with Gasteiger partial charge in [0.1, 0.15) is 0 Å². The minimum Gasteiger partial charge on any atom is -0.387 e. The molecular formula is C9H20N2S. The standard InChI is InChI=1S/C9H20N2S/c1-4-12-7-5-6-9(2,3)8(10)11/h4-7H2,1-3H3,(H3,10,11). The topological polar surface area (TPSA) is 49.9 Å². The Morgan fingerprint density at radius 2 is 2.08 bits per heavy atom. The van der Waals surface area contributed by atoms with Crippen molar-refractivity contribution >= 4 is 17.6 Å². The van der Waals surface area contributed by atoms with Crippen molar-refractivity contribution in [3.05, 3.63) is 0 Å². The first-order valence-electron chi connectivity index (χ1n) is 4.43. The van der Waals surface area contributed by atoms with Crippen molar-refractivity contribution in [2.75, 3.05) is 11.5 Å². The second-order valence-corrected chi connectivity index (χ2v) is 4.99. The van der Waals surface area contributed by atoms with Crippen LogP contribution in [0.15, 0.2) is 0 Å². The van der Waals surface area contributed by atoms with Crippen LogP contribution < -0.4 is 5.73 Å². The minimum absolute atomic E-state index is 0.103. The summed E-state index contributed by atoms with van der Waals surface area (Å²) in [5.74, 6) is 2.68. The van der Waals surface area contributed by atoms with Crippen LogP contribution in [0.1, 0.15) is 33.6 Å². The van der Waals surface area contributed by atoms with Gasteiger partial charge in [-0.25, -0.2) is 0 Å². The van der Waals surface area contributed by atoms with Gasteiger partial charge in [0.05, 0.1) is 5.84 Å². The molecule has 3 N–H and O–H groups in total.